The molecule has 1 aliphatic rings. The Bertz CT molecular complexity index is 1140. The molecule has 7 heteroatoms. The molecule has 1 aliphatic heterocycles. The van der Waals surface area contributed by atoms with Gasteiger partial charge in [0, 0.05) is 39.3 Å². The molecule has 0 fully saturated rings. The number of rotatable bonds is 3. The van der Waals surface area contributed by atoms with Crippen LogP contribution < -0.4 is 10.1 Å². The van der Waals surface area contributed by atoms with Crippen LogP contribution in [0.15, 0.2) is 60.2 Å². The van der Waals surface area contributed by atoms with E-state index in [0.29, 0.717) is 16.6 Å². The Morgan fingerprint density at radius 1 is 1.15 bits per heavy atom. The third-order valence-corrected chi connectivity index (χ3v) is 6.22. The van der Waals surface area contributed by atoms with Crippen LogP contribution >= 0.6 is 22.7 Å². The summed E-state index contributed by atoms with van der Waals surface area (Å²) < 4.78 is 5.77. The van der Waals surface area contributed by atoms with Crippen molar-refractivity contribution >= 4 is 33.7 Å². The highest BCUT2D eigenvalue weighted by molar-refractivity contribution is 7.18. The van der Waals surface area contributed by atoms with Crippen molar-refractivity contribution in [1.82, 2.24) is 9.97 Å². The molecule has 0 saturated carbocycles. The summed E-state index contributed by atoms with van der Waals surface area (Å²) in [5, 5.41) is 5.41. The average Bonchev–Trinajstić information content (AvgIpc) is 3.36. The van der Waals surface area contributed by atoms with Gasteiger partial charge in [-0.3, -0.25) is 15.1 Å². The van der Waals surface area contributed by atoms with Gasteiger partial charge in [0.15, 0.2) is 5.13 Å². The fourth-order valence-electron chi connectivity index (χ4n) is 2.96. The number of hydrogen-bond donors (Lipinski definition) is 1. The maximum Gasteiger partial charge on any atom is 0.267 e. The van der Waals surface area contributed by atoms with Gasteiger partial charge in [-0.25, -0.2) is 4.98 Å². The summed E-state index contributed by atoms with van der Waals surface area (Å²) in [5.41, 5.74) is 3.88. The second-order valence-electron chi connectivity index (χ2n) is 5.98. The third-order valence-electron chi connectivity index (χ3n) is 4.25. The molecule has 0 aliphatic carbocycles. The van der Waals surface area contributed by atoms with Gasteiger partial charge in [-0.1, -0.05) is 12.1 Å². The summed E-state index contributed by atoms with van der Waals surface area (Å²) >= 11 is 2.89. The van der Waals surface area contributed by atoms with E-state index in [4.69, 9.17) is 4.74 Å². The monoisotopic (exact) mass is 391 g/mol. The van der Waals surface area contributed by atoms with Crippen molar-refractivity contribution in [3.8, 4) is 27.4 Å². The molecule has 3 aromatic heterocycles. The van der Waals surface area contributed by atoms with Crippen LogP contribution in [0.25, 0.3) is 21.7 Å². The quantitative estimate of drug-likeness (QED) is 0.529. The van der Waals surface area contributed by atoms with E-state index in [2.05, 4.69) is 15.3 Å². The van der Waals surface area contributed by atoms with Gasteiger partial charge in [0.05, 0.1) is 10.6 Å². The number of amides is 1. The number of benzene rings is 1. The first kappa shape index (κ1) is 16.2. The van der Waals surface area contributed by atoms with Crippen molar-refractivity contribution < 1.29 is 9.53 Å². The van der Waals surface area contributed by atoms with Crippen molar-refractivity contribution in [3.63, 3.8) is 0 Å². The number of pyridine rings is 1. The van der Waals surface area contributed by atoms with Crippen molar-refractivity contribution in [2.24, 2.45) is 0 Å². The van der Waals surface area contributed by atoms with Crippen LogP contribution in [-0.4, -0.2) is 15.9 Å². The van der Waals surface area contributed by atoms with E-state index >= 15 is 0 Å². The molecule has 4 heterocycles. The first-order valence-corrected chi connectivity index (χ1v) is 10.00. The van der Waals surface area contributed by atoms with E-state index in [-0.39, 0.29) is 5.91 Å². The lowest BCUT2D eigenvalue weighted by Gasteiger charge is -2.16. The van der Waals surface area contributed by atoms with E-state index < -0.39 is 0 Å². The van der Waals surface area contributed by atoms with E-state index in [1.54, 1.807) is 12.4 Å². The number of thiazole rings is 1. The molecular formula is C20H13N3O2S2. The molecule has 1 N–H and O–H groups in total. The van der Waals surface area contributed by atoms with Crippen LogP contribution in [0.1, 0.15) is 15.2 Å². The van der Waals surface area contributed by atoms with Gasteiger partial charge >= 0.3 is 0 Å². The van der Waals surface area contributed by atoms with E-state index in [1.807, 2.05) is 47.8 Å². The summed E-state index contributed by atoms with van der Waals surface area (Å²) in [6.45, 7) is 0.486. The topological polar surface area (TPSA) is 64.1 Å². The lowest BCUT2D eigenvalue weighted by molar-refractivity contribution is 0.103. The minimum absolute atomic E-state index is 0.150. The summed E-state index contributed by atoms with van der Waals surface area (Å²) in [4.78, 5) is 23.0. The number of anilines is 1. The van der Waals surface area contributed by atoms with Gasteiger partial charge in [0.1, 0.15) is 12.4 Å². The lowest BCUT2D eigenvalue weighted by atomic mass is 10.1. The summed E-state index contributed by atoms with van der Waals surface area (Å²) in [5.74, 6) is 0.711. The standard InChI is InChI=1S/C20H13N3O2S2/c24-19(23-20-22-15(11-26-20)12-5-7-21-8-6-12)17-9-13-10-25-16-4-2-1-3-14(16)18(13)27-17/h1-9,11H,10H2,(H,22,23,24). The van der Waals surface area contributed by atoms with Gasteiger partial charge < -0.3 is 4.74 Å². The minimum Gasteiger partial charge on any atom is -0.488 e. The fourth-order valence-corrected chi connectivity index (χ4v) is 4.76. The Kier molecular flexibility index (Phi) is 3.95. The first-order chi connectivity index (χ1) is 13.3. The Labute approximate surface area is 163 Å². The smallest absolute Gasteiger partial charge is 0.267 e. The highest BCUT2D eigenvalue weighted by Gasteiger charge is 2.22. The van der Waals surface area contributed by atoms with Crippen LogP contribution in [0.4, 0.5) is 5.13 Å². The Balaban J connectivity index is 1.39. The Morgan fingerprint density at radius 2 is 2.00 bits per heavy atom. The number of hydrogen-bond acceptors (Lipinski definition) is 6. The van der Waals surface area contributed by atoms with Crippen molar-refractivity contribution in [3.05, 3.63) is 70.7 Å². The largest absolute Gasteiger partial charge is 0.488 e. The van der Waals surface area contributed by atoms with Gasteiger partial charge in [-0.05, 0) is 30.3 Å². The molecular weight excluding hydrogens is 378 g/mol. The number of nitrogens with zero attached hydrogens (tertiary/aromatic N) is 2. The number of ether oxygens (including phenoxy) is 1. The molecule has 0 radical (unpaired) electrons. The third kappa shape index (κ3) is 3.01. The summed E-state index contributed by atoms with van der Waals surface area (Å²) in [7, 11) is 0. The van der Waals surface area contributed by atoms with Gasteiger partial charge in [-0.2, -0.15) is 0 Å². The molecule has 0 unspecified atom stereocenters. The maximum atomic E-state index is 12.7. The molecule has 1 aromatic carbocycles. The summed E-state index contributed by atoms with van der Waals surface area (Å²) in [6, 6.07) is 13.6. The van der Waals surface area contributed by atoms with Crippen LogP contribution in [-0.2, 0) is 6.61 Å². The molecule has 5 nitrogen and oxygen atoms in total. The zero-order valence-electron chi connectivity index (χ0n) is 14.0. The molecule has 27 heavy (non-hydrogen) atoms. The number of aromatic nitrogens is 2. The molecule has 5 rings (SSSR count). The zero-order chi connectivity index (χ0) is 18.2. The highest BCUT2D eigenvalue weighted by atomic mass is 32.1. The SMILES string of the molecule is O=C(Nc1nc(-c2ccncc2)cs1)c1cc2c(s1)-c1ccccc1OC2. The van der Waals surface area contributed by atoms with Gasteiger partial charge in [0.2, 0.25) is 0 Å². The molecule has 1 amide bonds. The van der Waals surface area contributed by atoms with Crippen molar-refractivity contribution in [1.29, 1.82) is 0 Å². The number of thiophene rings is 1. The minimum atomic E-state index is -0.150. The number of carbonyl (C=O) groups is 1. The lowest BCUT2D eigenvalue weighted by Crippen LogP contribution is -2.09. The van der Waals surface area contributed by atoms with Gasteiger partial charge in [-0.15, -0.1) is 22.7 Å². The summed E-state index contributed by atoms with van der Waals surface area (Å²) in [6.07, 6.45) is 3.45. The first-order valence-electron chi connectivity index (χ1n) is 8.30. The van der Waals surface area contributed by atoms with Crippen molar-refractivity contribution in [2.45, 2.75) is 6.61 Å². The maximum absolute atomic E-state index is 12.7. The number of fused-ring (bicyclic) bond motifs is 3. The van der Waals surface area contributed by atoms with E-state index in [9.17, 15) is 4.79 Å². The number of carbonyl (C=O) groups excluding carboxylic acids is 1. The van der Waals surface area contributed by atoms with E-state index in [0.717, 1.165) is 33.0 Å². The van der Waals surface area contributed by atoms with Gasteiger partial charge in [0.25, 0.3) is 5.91 Å². The predicted octanol–water partition coefficient (Wildman–Crippen LogP) is 5.08. The van der Waals surface area contributed by atoms with E-state index in [1.165, 1.54) is 22.7 Å². The van der Waals surface area contributed by atoms with Crippen LogP contribution in [0.3, 0.4) is 0 Å². The average molecular weight is 391 g/mol. The predicted molar refractivity (Wildman–Crippen MR) is 107 cm³/mol. The zero-order valence-corrected chi connectivity index (χ0v) is 15.6. The molecule has 4 aromatic rings. The second kappa shape index (κ2) is 6.61. The van der Waals surface area contributed by atoms with Crippen molar-refractivity contribution in [2.75, 3.05) is 5.32 Å². The Hall–Kier alpha value is -3.03. The van der Waals surface area contributed by atoms with Crippen LogP contribution in [0.2, 0.25) is 0 Å². The van der Waals surface area contributed by atoms with Crippen LogP contribution in [0.5, 0.6) is 5.75 Å². The molecule has 0 spiro atoms. The molecule has 0 bridgehead atoms. The molecule has 0 saturated heterocycles. The Morgan fingerprint density at radius 3 is 2.89 bits per heavy atom. The van der Waals surface area contributed by atoms with Crippen LogP contribution in [0, 0.1) is 0 Å². The molecule has 132 valence electrons. The number of para-hydroxylation sites is 1. The fraction of sp³-hybridized carbons (Fsp3) is 0.0500. The number of nitrogens with one attached hydrogen (secondary N) is 1. The second-order valence-corrected chi connectivity index (χ2v) is 7.89. The molecule has 0 atom stereocenters. The highest BCUT2D eigenvalue weighted by Crippen LogP contribution is 2.42. The normalized spacial score (nSPS) is 12.0.